The molecular formula is C24H26N6O. The minimum Gasteiger partial charge on any atom is -0.345 e. The molecule has 158 valence electrons. The summed E-state index contributed by atoms with van der Waals surface area (Å²) in [5, 5.41) is 8.54. The fraction of sp³-hybridized carbons (Fsp3) is 0.417. The molecule has 2 bridgehead atoms. The van der Waals surface area contributed by atoms with Gasteiger partial charge >= 0.3 is 0 Å². The number of piperidine rings is 1. The third kappa shape index (κ3) is 2.34. The number of nitrogens with zero attached hydrogens (tertiary/aromatic N) is 5. The van der Waals surface area contributed by atoms with Gasteiger partial charge in [0.05, 0.1) is 22.9 Å². The van der Waals surface area contributed by atoms with Gasteiger partial charge in [0.15, 0.2) is 0 Å². The molecule has 2 aliphatic rings. The summed E-state index contributed by atoms with van der Waals surface area (Å²) in [5.41, 5.74) is 7.07. The number of likely N-dealkylation sites (tertiary alicyclic amines) is 1. The molecule has 6 rings (SSSR count). The highest BCUT2D eigenvalue weighted by Crippen LogP contribution is 2.56. The number of imidazole rings is 1. The lowest BCUT2D eigenvalue weighted by molar-refractivity contribution is -0.0261. The van der Waals surface area contributed by atoms with Crippen LogP contribution < -0.4 is 0 Å². The number of rotatable bonds is 1. The Labute approximate surface area is 180 Å². The van der Waals surface area contributed by atoms with Crippen LogP contribution in [0.1, 0.15) is 48.7 Å². The maximum atomic E-state index is 13.7. The lowest BCUT2D eigenvalue weighted by Crippen LogP contribution is -2.64. The van der Waals surface area contributed by atoms with Crippen molar-refractivity contribution in [1.29, 1.82) is 0 Å². The van der Waals surface area contributed by atoms with E-state index in [-0.39, 0.29) is 22.8 Å². The largest absolute Gasteiger partial charge is 0.345 e. The summed E-state index contributed by atoms with van der Waals surface area (Å²) in [6.07, 6.45) is 3.43. The molecule has 1 amide bonds. The van der Waals surface area contributed by atoms with E-state index in [4.69, 9.17) is 0 Å². The summed E-state index contributed by atoms with van der Waals surface area (Å²) in [6.45, 7) is 7.77. The molecule has 2 aromatic heterocycles. The summed E-state index contributed by atoms with van der Waals surface area (Å²) in [4.78, 5) is 23.1. The van der Waals surface area contributed by atoms with Gasteiger partial charge in [-0.05, 0) is 59.7 Å². The molecule has 0 spiro atoms. The molecule has 1 N–H and O–H groups in total. The molecule has 2 aromatic carbocycles. The summed E-state index contributed by atoms with van der Waals surface area (Å²) in [5.74, 6) is 0.0978. The van der Waals surface area contributed by atoms with Crippen molar-refractivity contribution < 1.29 is 4.79 Å². The van der Waals surface area contributed by atoms with Gasteiger partial charge in [-0.2, -0.15) is 0 Å². The van der Waals surface area contributed by atoms with Crippen LogP contribution in [0.25, 0.3) is 22.1 Å². The lowest BCUT2D eigenvalue weighted by atomic mass is 9.51. The van der Waals surface area contributed by atoms with Gasteiger partial charge in [0, 0.05) is 30.6 Å². The summed E-state index contributed by atoms with van der Waals surface area (Å²) < 4.78 is 1.85. The maximum Gasteiger partial charge on any atom is 0.254 e. The maximum absolute atomic E-state index is 13.7. The number of aryl methyl sites for hydroxylation is 1. The Hall–Kier alpha value is -3.22. The minimum absolute atomic E-state index is 0.0200. The number of carbonyl (C=O) groups is 1. The highest BCUT2D eigenvalue weighted by molar-refractivity contribution is 5.97. The molecule has 1 aliphatic heterocycles. The molecule has 3 heterocycles. The fourth-order valence-electron chi connectivity index (χ4n) is 5.92. The van der Waals surface area contributed by atoms with Crippen LogP contribution in [-0.4, -0.2) is 48.4 Å². The molecule has 1 aliphatic carbocycles. The van der Waals surface area contributed by atoms with Gasteiger partial charge in [-0.1, -0.05) is 26.0 Å². The second-order valence-electron chi connectivity index (χ2n) is 9.87. The predicted octanol–water partition coefficient (Wildman–Crippen LogP) is 3.60. The fourth-order valence-corrected chi connectivity index (χ4v) is 5.92. The number of fused-ring (bicyclic) bond motifs is 6. The molecule has 4 aromatic rings. The van der Waals surface area contributed by atoms with Crippen LogP contribution in [0.2, 0.25) is 0 Å². The standard InChI is InChI=1S/C24H26N6O/c1-23(2)21-11-15-10-19-20(29(4)28-27-19)12-16(15)24(23,3)7-8-30(21)22(31)14-5-6-17-18(9-14)26-13-25-17/h5-6,9-10,12-13,21H,7-8,11H2,1-4H3,(H,25,26)/t21-,24+/m1/s1. The first kappa shape index (κ1) is 18.5. The molecule has 1 saturated heterocycles. The summed E-state index contributed by atoms with van der Waals surface area (Å²) in [6, 6.07) is 10.3. The van der Waals surface area contributed by atoms with Gasteiger partial charge in [-0.15, -0.1) is 5.10 Å². The van der Waals surface area contributed by atoms with Gasteiger partial charge in [-0.3, -0.25) is 4.79 Å². The van der Waals surface area contributed by atoms with E-state index in [9.17, 15) is 4.79 Å². The Morgan fingerprint density at radius 2 is 2.00 bits per heavy atom. The van der Waals surface area contributed by atoms with Gasteiger partial charge in [-0.25, -0.2) is 9.67 Å². The number of H-pyrrole nitrogens is 1. The highest BCUT2D eigenvalue weighted by Gasteiger charge is 2.57. The van der Waals surface area contributed by atoms with Crippen molar-refractivity contribution in [3.8, 4) is 0 Å². The molecule has 0 unspecified atom stereocenters. The van der Waals surface area contributed by atoms with E-state index < -0.39 is 0 Å². The average Bonchev–Trinajstić information content (AvgIpc) is 3.35. The molecule has 2 atom stereocenters. The molecule has 0 radical (unpaired) electrons. The van der Waals surface area contributed by atoms with Gasteiger partial charge in [0.25, 0.3) is 5.91 Å². The van der Waals surface area contributed by atoms with E-state index in [0.717, 1.165) is 41.5 Å². The number of carbonyl (C=O) groups excluding carboxylic acids is 1. The average molecular weight is 415 g/mol. The van der Waals surface area contributed by atoms with Crippen molar-refractivity contribution in [2.45, 2.75) is 45.1 Å². The van der Waals surface area contributed by atoms with E-state index >= 15 is 0 Å². The Morgan fingerprint density at radius 1 is 1.16 bits per heavy atom. The number of amides is 1. The van der Waals surface area contributed by atoms with E-state index in [1.807, 2.05) is 29.9 Å². The zero-order valence-corrected chi connectivity index (χ0v) is 18.3. The second kappa shape index (κ2) is 5.93. The number of aromatic nitrogens is 5. The van der Waals surface area contributed by atoms with Crippen LogP contribution >= 0.6 is 0 Å². The van der Waals surface area contributed by atoms with Crippen molar-refractivity contribution in [1.82, 2.24) is 29.9 Å². The van der Waals surface area contributed by atoms with Crippen molar-refractivity contribution in [2.75, 3.05) is 6.54 Å². The summed E-state index contributed by atoms with van der Waals surface area (Å²) in [7, 11) is 1.94. The van der Waals surface area contributed by atoms with Crippen LogP contribution in [0.3, 0.4) is 0 Å². The number of nitrogens with one attached hydrogen (secondary N) is 1. The van der Waals surface area contributed by atoms with E-state index in [1.54, 1.807) is 6.33 Å². The first-order valence-corrected chi connectivity index (χ1v) is 10.9. The first-order valence-electron chi connectivity index (χ1n) is 10.9. The monoisotopic (exact) mass is 414 g/mol. The van der Waals surface area contributed by atoms with E-state index in [1.165, 1.54) is 11.1 Å². The lowest BCUT2D eigenvalue weighted by Gasteiger charge is -2.60. The van der Waals surface area contributed by atoms with Crippen molar-refractivity contribution in [3.63, 3.8) is 0 Å². The predicted molar refractivity (Wildman–Crippen MR) is 119 cm³/mol. The van der Waals surface area contributed by atoms with Crippen molar-refractivity contribution in [3.05, 3.63) is 53.3 Å². The van der Waals surface area contributed by atoms with Crippen LogP contribution in [0.15, 0.2) is 36.7 Å². The van der Waals surface area contributed by atoms with E-state index in [2.05, 4.69) is 58.1 Å². The third-order valence-corrected chi connectivity index (χ3v) is 8.26. The first-order chi connectivity index (χ1) is 14.8. The quantitative estimate of drug-likeness (QED) is 0.516. The van der Waals surface area contributed by atoms with Crippen LogP contribution in [-0.2, 0) is 18.9 Å². The normalized spacial score (nSPS) is 24.5. The van der Waals surface area contributed by atoms with Crippen LogP contribution in [0, 0.1) is 5.41 Å². The van der Waals surface area contributed by atoms with Crippen LogP contribution in [0.5, 0.6) is 0 Å². The van der Waals surface area contributed by atoms with E-state index in [0.29, 0.717) is 5.56 Å². The molecular weight excluding hydrogens is 388 g/mol. The topological polar surface area (TPSA) is 79.7 Å². The van der Waals surface area contributed by atoms with Gasteiger partial charge in [0.2, 0.25) is 0 Å². The van der Waals surface area contributed by atoms with Crippen molar-refractivity contribution >= 4 is 28.0 Å². The Balaban J connectivity index is 1.45. The molecule has 7 heteroatoms. The van der Waals surface area contributed by atoms with Gasteiger partial charge in [0.1, 0.15) is 5.52 Å². The smallest absolute Gasteiger partial charge is 0.254 e. The zero-order chi connectivity index (χ0) is 21.5. The number of hydrogen-bond donors (Lipinski definition) is 1. The number of benzene rings is 2. The molecule has 31 heavy (non-hydrogen) atoms. The minimum atomic E-state index is -0.0638. The Morgan fingerprint density at radius 3 is 2.84 bits per heavy atom. The van der Waals surface area contributed by atoms with Gasteiger partial charge < -0.3 is 9.88 Å². The Bertz CT molecular complexity index is 1370. The SMILES string of the molecule is Cn1nnc2cc3c(cc21)[C@]1(C)CCN(C(=O)c2ccc4nc[nH]c4c2)[C@H](C3)C1(C)C. The number of aromatic amines is 1. The van der Waals surface area contributed by atoms with Crippen molar-refractivity contribution in [2.24, 2.45) is 12.5 Å². The highest BCUT2D eigenvalue weighted by atomic mass is 16.2. The molecule has 0 saturated carbocycles. The van der Waals surface area contributed by atoms with Crippen LogP contribution in [0.4, 0.5) is 0 Å². The zero-order valence-electron chi connectivity index (χ0n) is 18.3. The molecule has 7 nitrogen and oxygen atoms in total. The third-order valence-electron chi connectivity index (χ3n) is 8.26. The summed E-state index contributed by atoms with van der Waals surface area (Å²) >= 11 is 0. The molecule has 1 fully saturated rings. The second-order valence-corrected chi connectivity index (χ2v) is 9.87. The number of hydrogen-bond acceptors (Lipinski definition) is 4. The Kier molecular flexibility index (Phi) is 3.55.